The van der Waals surface area contributed by atoms with Crippen molar-refractivity contribution in [3.63, 3.8) is 0 Å². The quantitative estimate of drug-likeness (QED) is 0.186. The number of benzene rings is 3. The van der Waals surface area contributed by atoms with Crippen LogP contribution in [0.2, 0.25) is 0 Å². The van der Waals surface area contributed by atoms with Gasteiger partial charge in [-0.15, -0.1) is 0 Å². The number of hydrogen-bond acceptors (Lipinski definition) is 5. The standard InChI is InChI=1S/C38H34F3N3O3/c1-4-28-12-7-11-27(22-29(28)5-2)24-47-33-15-9-14-32(38(39,40)41)34(33)36-42-35(43-37(45)44-36)30-20-18-25(19-21-30)16-17-26-10-8-13-31(23-26)46-6-3/h7-15,18-23,29H,4-6,24H2,1-3H3,(H,42,43,44,45). The maximum atomic E-state index is 14.3. The monoisotopic (exact) mass is 637 g/mol. The van der Waals surface area contributed by atoms with Crippen molar-refractivity contribution in [2.75, 3.05) is 13.2 Å². The molecule has 1 unspecified atom stereocenters. The molecule has 1 aliphatic rings. The number of aromatic amines is 1. The molecule has 3 aromatic carbocycles. The van der Waals surface area contributed by atoms with Crippen molar-refractivity contribution >= 4 is 0 Å². The van der Waals surface area contributed by atoms with Crippen LogP contribution >= 0.6 is 0 Å². The normalized spacial score (nSPS) is 14.4. The van der Waals surface area contributed by atoms with Gasteiger partial charge < -0.3 is 9.47 Å². The van der Waals surface area contributed by atoms with Crippen LogP contribution in [0.1, 0.15) is 50.3 Å². The predicted octanol–water partition coefficient (Wildman–Crippen LogP) is 8.55. The topological polar surface area (TPSA) is 77.1 Å². The highest BCUT2D eigenvalue weighted by Crippen LogP contribution is 2.41. The van der Waals surface area contributed by atoms with Gasteiger partial charge in [0.2, 0.25) is 0 Å². The Morgan fingerprint density at radius 2 is 1.68 bits per heavy atom. The van der Waals surface area contributed by atoms with Crippen molar-refractivity contribution in [2.24, 2.45) is 5.92 Å². The average molecular weight is 638 g/mol. The Morgan fingerprint density at radius 1 is 0.915 bits per heavy atom. The first-order valence-corrected chi connectivity index (χ1v) is 15.4. The molecule has 6 nitrogen and oxygen atoms in total. The van der Waals surface area contributed by atoms with Gasteiger partial charge in [-0.3, -0.25) is 4.98 Å². The van der Waals surface area contributed by atoms with E-state index in [9.17, 15) is 18.0 Å². The minimum Gasteiger partial charge on any atom is -0.494 e. The lowest BCUT2D eigenvalue weighted by molar-refractivity contribution is -0.137. The van der Waals surface area contributed by atoms with Crippen molar-refractivity contribution in [1.29, 1.82) is 0 Å². The minimum atomic E-state index is -4.74. The van der Waals surface area contributed by atoms with Gasteiger partial charge in [0.15, 0.2) is 5.82 Å². The van der Waals surface area contributed by atoms with E-state index >= 15 is 0 Å². The van der Waals surface area contributed by atoms with Crippen LogP contribution in [0, 0.1) is 17.8 Å². The molecule has 1 aromatic heterocycles. The van der Waals surface area contributed by atoms with Gasteiger partial charge in [-0.1, -0.05) is 67.7 Å². The third kappa shape index (κ3) is 8.27. The second kappa shape index (κ2) is 14.8. The van der Waals surface area contributed by atoms with E-state index in [1.165, 1.54) is 17.7 Å². The Kier molecular flexibility index (Phi) is 10.4. The summed E-state index contributed by atoms with van der Waals surface area (Å²) in [6, 6.07) is 17.9. The number of nitrogens with one attached hydrogen (secondary N) is 1. The van der Waals surface area contributed by atoms with Gasteiger partial charge in [0, 0.05) is 16.7 Å². The van der Waals surface area contributed by atoms with Crippen LogP contribution < -0.4 is 15.2 Å². The summed E-state index contributed by atoms with van der Waals surface area (Å²) in [5, 5.41) is 0. The summed E-state index contributed by atoms with van der Waals surface area (Å²) in [6.45, 7) is 6.67. The molecule has 0 aliphatic heterocycles. The molecule has 0 bridgehead atoms. The van der Waals surface area contributed by atoms with Crippen LogP contribution in [-0.2, 0) is 6.18 Å². The highest BCUT2D eigenvalue weighted by molar-refractivity contribution is 5.71. The predicted molar refractivity (Wildman–Crippen MR) is 177 cm³/mol. The number of H-pyrrole nitrogens is 1. The van der Waals surface area contributed by atoms with Crippen molar-refractivity contribution in [2.45, 2.75) is 39.8 Å². The lowest BCUT2D eigenvalue weighted by atomic mass is 9.93. The molecule has 47 heavy (non-hydrogen) atoms. The number of nitrogens with zero attached hydrogens (tertiary/aromatic N) is 2. The molecule has 240 valence electrons. The zero-order chi connectivity index (χ0) is 33.4. The maximum Gasteiger partial charge on any atom is 0.417 e. The number of ether oxygens (including phenoxy) is 2. The number of allylic oxidation sites excluding steroid dienone is 4. The van der Waals surface area contributed by atoms with Gasteiger partial charge in [-0.2, -0.15) is 18.2 Å². The van der Waals surface area contributed by atoms with Crippen LogP contribution in [0.25, 0.3) is 22.8 Å². The highest BCUT2D eigenvalue weighted by atomic mass is 19.4. The maximum absolute atomic E-state index is 14.3. The van der Waals surface area contributed by atoms with E-state index < -0.39 is 17.4 Å². The molecule has 1 aliphatic carbocycles. The molecule has 1 heterocycles. The fraction of sp³-hybridized carbons (Fsp3) is 0.237. The van der Waals surface area contributed by atoms with Gasteiger partial charge in [-0.25, -0.2) is 9.78 Å². The van der Waals surface area contributed by atoms with E-state index in [-0.39, 0.29) is 35.5 Å². The van der Waals surface area contributed by atoms with Crippen LogP contribution in [0.4, 0.5) is 13.2 Å². The number of aromatic nitrogens is 3. The van der Waals surface area contributed by atoms with Gasteiger partial charge in [0.25, 0.3) is 0 Å². The highest BCUT2D eigenvalue weighted by Gasteiger charge is 2.36. The molecule has 0 spiro atoms. The second-order valence-electron chi connectivity index (χ2n) is 10.8. The minimum absolute atomic E-state index is 0.0334. The summed E-state index contributed by atoms with van der Waals surface area (Å²) >= 11 is 0. The Bertz CT molecular complexity index is 1950. The molecular formula is C38H34F3N3O3. The lowest BCUT2D eigenvalue weighted by Crippen LogP contribution is -2.17. The van der Waals surface area contributed by atoms with Crippen LogP contribution in [0.5, 0.6) is 11.5 Å². The number of halogens is 3. The van der Waals surface area contributed by atoms with E-state index in [1.807, 2.05) is 43.3 Å². The first-order valence-electron chi connectivity index (χ1n) is 15.4. The summed E-state index contributed by atoms with van der Waals surface area (Å²) in [7, 11) is 0. The third-order valence-electron chi connectivity index (χ3n) is 7.61. The molecule has 0 amide bonds. The molecular weight excluding hydrogens is 603 g/mol. The summed E-state index contributed by atoms with van der Waals surface area (Å²) < 4.78 is 54.5. The Hall–Kier alpha value is -5.36. The molecule has 4 aromatic rings. The molecule has 1 atom stereocenters. The largest absolute Gasteiger partial charge is 0.494 e. The van der Waals surface area contributed by atoms with E-state index in [4.69, 9.17) is 9.47 Å². The van der Waals surface area contributed by atoms with Crippen LogP contribution in [0.15, 0.2) is 107 Å². The fourth-order valence-electron chi connectivity index (χ4n) is 5.30. The Balaban J connectivity index is 1.46. The van der Waals surface area contributed by atoms with E-state index in [1.54, 1.807) is 24.3 Å². The molecule has 0 saturated heterocycles. The van der Waals surface area contributed by atoms with Crippen LogP contribution in [0.3, 0.4) is 0 Å². The number of alkyl halides is 3. The van der Waals surface area contributed by atoms with Crippen LogP contribution in [-0.4, -0.2) is 28.2 Å². The summed E-state index contributed by atoms with van der Waals surface area (Å²) in [4.78, 5) is 23.4. The summed E-state index contributed by atoms with van der Waals surface area (Å²) in [6.07, 6.45) is 5.03. The molecule has 1 N–H and O–H groups in total. The van der Waals surface area contributed by atoms with Crippen molar-refractivity contribution in [1.82, 2.24) is 15.0 Å². The zero-order valence-electron chi connectivity index (χ0n) is 26.3. The van der Waals surface area contributed by atoms with E-state index in [2.05, 4.69) is 52.8 Å². The Morgan fingerprint density at radius 3 is 2.40 bits per heavy atom. The lowest BCUT2D eigenvalue weighted by Gasteiger charge is -2.18. The zero-order valence-corrected chi connectivity index (χ0v) is 26.3. The second-order valence-corrected chi connectivity index (χ2v) is 10.8. The van der Waals surface area contributed by atoms with Gasteiger partial charge >= 0.3 is 11.9 Å². The molecule has 9 heteroatoms. The SMILES string of the molecule is CCOc1cccc(C#Cc2ccc(-c3nc(-c4c(OCC5=CC(CC)C(CC)=CC=C5)cccc4C(F)(F)F)[nH]c(=O)n3)cc2)c1. The van der Waals surface area contributed by atoms with Gasteiger partial charge in [0.1, 0.15) is 23.9 Å². The van der Waals surface area contributed by atoms with Crippen molar-refractivity contribution in [3.05, 3.63) is 129 Å². The first-order chi connectivity index (χ1) is 22.7. The van der Waals surface area contributed by atoms with Crippen molar-refractivity contribution < 1.29 is 22.6 Å². The summed E-state index contributed by atoms with van der Waals surface area (Å²) in [5.41, 5.74) is 1.82. The molecule has 0 fully saturated rings. The summed E-state index contributed by atoms with van der Waals surface area (Å²) in [5.74, 6) is 6.71. The molecule has 0 radical (unpaired) electrons. The molecule has 5 rings (SSSR count). The third-order valence-corrected chi connectivity index (χ3v) is 7.61. The molecule has 0 saturated carbocycles. The van der Waals surface area contributed by atoms with Gasteiger partial charge in [0.05, 0.1) is 17.7 Å². The van der Waals surface area contributed by atoms with Crippen molar-refractivity contribution in [3.8, 4) is 46.1 Å². The van der Waals surface area contributed by atoms with E-state index in [0.29, 0.717) is 17.7 Å². The smallest absolute Gasteiger partial charge is 0.417 e. The Labute approximate surface area is 271 Å². The fourth-order valence-corrected chi connectivity index (χ4v) is 5.30. The van der Waals surface area contributed by atoms with Gasteiger partial charge in [-0.05, 0) is 85.9 Å². The average Bonchev–Trinajstić information content (AvgIpc) is 3.27. The number of rotatable bonds is 9. The first kappa shape index (κ1) is 33.0. The van der Waals surface area contributed by atoms with E-state index in [0.717, 1.165) is 35.8 Å². The number of hydrogen-bond donors (Lipinski definition) is 1.